The van der Waals surface area contributed by atoms with E-state index >= 15 is 0 Å². The van der Waals surface area contributed by atoms with Crippen LogP contribution < -0.4 is 5.32 Å². The zero-order valence-electron chi connectivity index (χ0n) is 20.4. The van der Waals surface area contributed by atoms with Crippen LogP contribution in [0, 0.1) is 5.92 Å². The molecule has 3 fully saturated rings. The highest BCUT2D eigenvalue weighted by Gasteiger charge is 2.45. The summed E-state index contributed by atoms with van der Waals surface area (Å²) in [6, 6.07) is 4.78. The van der Waals surface area contributed by atoms with E-state index in [9.17, 15) is 27.9 Å². The van der Waals surface area contributed by atoms with Crippen LogP contribution in [0.3, 0.4) is 0 Å². The first-order valence-electron chi connectivity index (χ1n) is 12.7. The van der Waals surface area contributed by atoms with Crippen LogP contribution in [-0.2, 0) is 16.6 Å². The molecule has 1 saturated carbocycles. The molecule has 1 unspecified atom stereocenters. The number of aromatic nitrogens is 1. The van der Waals surface area contributed by atoms with E-state index in [4.69, 9.17) is 0 Å². The molecule has 11 heteroatoms. The topological polar surface area (TPSA) is 85.8 Å². The summed E-state index contributed by atoms with van der Waals surface area (Å²) in [7, 11) is 0. The number of alkyl halides is 3. The second-order valence-electron chi connectivity index (χ2n) is 10.4. The van der Waals surface area contributed by atoms with Gasteiger partial charge < -0.3 is 15.3 Å². The van der Waals surface area contributed by atoms with Crippen molar-refractivity contribution in [2.45, 2.75) is 62.4 Å². The minimum Gasteiger partial charge on any atom is -0.384 e. The van der Waals surface area contributed by atoms with Gasteiger partial charge >= 0.3 is 6.18 Å². The maximum atomic E-state index is 13.0. The number of likely N-dealkylation sites (tertiary alicyclic amines) is 2. The Morgan fingerprint density at radius 2 is 1.92 bits per heavy atom. The molecule has 37 heavy (non-hydrogen) atoms. The largest absolute Gasteiger partial charge is 0.416 e. The molecule has 2 aromatic rings. The number of hydrogen-bond donors (Lipinski definition) is 2. The van der Waals surface area contributed by atoms with Gasteiger partial charge in [0.2, 0.25) is 5.91 Å². The predicted molar refractivity (Wildman–Crippen MR) is 132 cm³/mol. The van der Waals surface area contributed by atoms with E-state index in [1.807, 2.05) is 5.38 Å². The zero-order chi connectivity index (χ0) is 26.2. The third-order valence-corrected chi connectivity index (χ3v) is 8.86. The van der Waals surface area contributed by atoms with Crippen LogP contribution >= 0.6 is 11.3 Å². The van der Waals surface area contributed by atoms with Crippen molar-refractivity contribution in [3.63, 3.8) is 0 Å². The lowest BCUT2D eigenvalue weighted by Crippen LogP contribution is -2.55. The van der Waals surface area contributed by atoms with Crippen molar-refractivity contribution in [1.82, 2.24) is 20.1 Å². The summed E-state index contributed by atoms with van der Waals surface area (Å²) in [4.78, 5) is 33.9. The first-order valence-corrected chi connectivity index (χ1v) is 13.7. The molecular weight excluding hydrogens is 505 g/mol. The van der Waals surface area contributed by atoms with Crippen LogP contribution in [0.1, 0.15) is 60.1 Å². The van der Waals surface area contributed by atoms with Gasteiger partial charge in [-0.3, -0.25) is 14.5 Å². The van der Waals surface area contributed by atoms with Gasteiger partial charge in [-0.1, -0.05) is 6.07 Å². The average Bonchev–Trinajstić information content (AvgIpc) is 3.58. The van der Waals surface area contributed by atoms with Gasteiger partial charge in [-0.15, -0.1) is 11.3 Å². The van der Waals surface area contributed by atoms with Crippen molar-refractivity contribution in [2.24, 2.45) is 5.92 Å². The van der Waals surface area contributed by atoms with Crippen LogP contribution in [0.15, 0.2) is 35.2 Å². The maximum absolute atomic E-state index is 13.0. The van der Waals surface area contributed by atoms with Crippen LogP contribution in [-0.4, -0.2) is 70.0 Å². The highest BCUT2D eigenvalue weighted by molar-refractivity contribution is 7.07. The highest BCUT2D eigenvalue weighted by Crippen LogP contribution is 2.42. The van der Waals surface area contributed by atoms with Crippen LogP contribution in [0.5, 0.6) is 0 Å². The van der Waals surface area contributed by atoms with Crippen LogP contribution in [0.4, 0.5) is 13.2 Å². The van der Waals surface area contributed by atoms with E-state index < -0.39 is 23.2 Å². The summed E-state index contributed by atoms with van der Waals surface area (Å²) in [5, 5.41) is 15.5. The van der Waals surface area contributed by atoms with E-state index in [0.717, 1.165) is 50.1 Å². The molecule has 2 atom stereocenters. The van der Waals surface area contributed by atoms with Gasteiger partial charge in [0.25, 0.3) is 5.91 Å². The Kier molecular flexibility index (Phi) is 7.30. The van der Waals surface area contributed by atoms with E-state index in [2.05, 4.69) is 15.2 Å². The number of benzene rings is 1. The van der Waals surface area contributed by atoms with Crippen molar-refractivity contribution in [3.8, 4) is 0 Å². The standard InChI is InChI=1S/C26H31F3N4O3S/c27-26(28,29)19-3-1-2-18(12-19)24(35)30-13-23(34)32-10-6-17-7-11-33(21(17)14-32)20-4-8-25(36,9-5-20)22-15-37-16-31-22/h1-3,12,15-17,20-21,36H,4-11,13-14H2,(H,30,35)/t17-,20?,21?,25?/m1/s1. The number of carbonyl (C=O) groups excluding carboxylic acids is 2. The van der Waals surface area contributed by atoms with Gasteiger partial charge in [-0.25, -0.2) is 4.98 Å². The molecule has 1 aliphatic carbocycles. The fourth-order valence-electron chi connectivity index (χ4n) is 6.17. The second kappa shape index (κ2) is 10.3. The molecule has 2 N–H and O–H groups in total. The van der Waals surface area contributed by atoms with Gasteiger partial charge in [-0.05, 0) is 69.2 Å². The van der Waals surface area contributed by atoms with Crippen molar-refractivity contribution < 1.29 is 27.9 Å². The smallest absolute Gasteiger partial charge is 0.384 e. The van der Waals surface area contributed by atoms with E-state index in [1.54, 1.807) is 10.4 Å². The molecule has 3 aliphatic rings. The van der Waals surface area contributed by atoms with E-state index in [0.29, 0.717) is 37.9 Å². The Hall–Kier alpha value is -2.50. The van der Waals surface area contributed by atoms with Gasteiger partial charge in [0.1, 0.15) is 5.60 Å². The molecule has 7 nitrogen and oxygen atoms in total. The number of fused-ring (bicyclic) bond motifs is 1. The quantitative estimate of drug-likeness (QED) is 0.610. The summed E-state index contributed by atoms with van der Waals surface area (Å²) in [6.45, 7) is 1.91. The second-order valence-corrected chi connectivity index (χ2v) is 11.1. The van der Waals surface area contributed by atoms with Gasteiger partial charge in [0.15, 0.2) is 0 Å². The lowest BCUT2D eigenvalue weighted by molar-refractivity contribution is -0.137. The maximum Gasteiger partial charge on any atom is 0.416 e. The first kappa shape index (κ1) is 26.1. The van der Waals surface area contributed by atoms with Crippen molar-refractivity contribution >= 4 is 23.2 Å². The van der Waals surface area contributed by atoms with E-state index in [1.165, 1.54) is 23.5 Å². The minimum absolute atomic E-state index is 0.127. The number of piperidine rings is 1. The Morgan fingerprint density at radius 3 is 2.62 bits per heavy atom. The summed E-state index contributed by atoms with van der Waals surface area (Å²) >= 11 is 1.49. The Morgan fingerprint density at radius 1 is 1.16 bits per heavy atom. The molecule has 0 spiro atoms. The molecule has 1 aromatic carbocycles. The van der Waals surface area contributed by atoms with Gasteiger partial charge in [0.05, 0.1) is 23.3 Å². The van der Waals surface area contributed by atoms with E-state index in [-0.39, 0.29) is 24.1 Å². The normalized spacial score (nSPS) is 28.6. The molecule has 2 amide bonds. The predicted octanol–water partition coefficient (Wildman–Crippen LogP) is 3.64. The number of nitrogens with one attached hydrogen (secondary N) is 1. The van der Waals surface area contributed by atoms with Gasteiger partial charge in [-0.2, -0.15) is 13.2 Å². The number of halogens is 3. The molecule has 5 rings (SSSR count). The zero-order valence-corrected chi connectivity index (χ0v) is 21.2. The minimum atomic E-state index is -4.54. The number of aliphatic hydroxyl groups is 1. The summed E-state index contributed by atoms with van der Waals surface area (Å²) in [5.41, 5.74) is 0.625. The summed E-state index contributed by atoms with van der Waals surface area (Å²) < 4.78 is 38.9. The van der Waals surface area contributed by atoms with Crippen LogP contribution in [0.2, 0.25) is 0 Å². The molecule has 2 saturated heterocycles. The lowest BCUT2D eigenvalue weighted by Gasteiger charge is -2.44. The number of thiazole rings is 1. The van der Waals surface area contributed by atoms with Crippen molar-refractivity contribution in [3.05, 3.63) is 52.0 Å². The summed E-state index contributed by atoms with van der Waals surface area (Å²) in [5.74, 6) is -0.415. The third kappa shape index (κ3) is 5.53. The Labute approximate surface area is 217 Å². The molecule has 1 aromatic heterocycles. The molecule has 2 aliphatic heterocycles. The highest BCUT2D eigenvalue weighted by atomic mass is 32.1. The van der Waals surface area contributed by atoms with Crippen molar-refractivity contribution in [2.75, 3.05) is 26.2 Å². The third-order valence-electron chi connectivity index (χ3n) is 8.27. The first-order chi connectivity index (χ1) is 17.6. The Bertz CT molecular complexity index is 1120. The fraction of sp³-hybridized carbons (Fsp3) is 0.577. The molecular formula is C26H31F3N4O3S. The summed E-state index contributed by atoms with van der Waals surface area (Å²) in [6.07, 6.45) is 0.521. The molecule has 3 heterocycles. The Balaban J connectivity index is 1.15. The fourth-order valence-corrected chi connectivity index (χ4v) is 6.81. The number of carbonyl (C=O) groups is 2. The van der Waals surface area contributed by atoms with Gasteiger partial charge in [0, 0.05) is 36.1 Å². The number of hydrogen-bond acceptors (Lipinski definition) is 6. The molecule has 200 valence electrons. The number of nitrogens with zero attached hydrogens (tertiary/aromatic N) is 3. The van der Waals surface area contributed by atoms with Crippen molar-refractivity contribution in [1.29, 1.82) is 0 Å². The molecule has 0 bridgehead atoms. The SMILES string of the molecule is O=C(NCC(=O)N1CC[C@@H]2CCN(C3CCC(O)(c4cscn4)CC3)C2C1)c1cccc(C(F)(F)F)c1. The lowest BCUT2D eigenvalue weighted by atomic mass is 9.79. The molecule has 0 radical (unpaired) electrons. The van der Waals surface area contributed by atoms with Crippen LogP contribution in [0.25, 0.3) is 0 Å². The number of rotatable bonds is 5. The number of amides is 2. The monoisotopic (exact) mass is 536 g/mol. The average molecular weight is 537 g/mol.